The highest BCUT2D eigenvalue weighted by Crippen LogP contribution is 2.33. The monoisotopic (exact) mass is 274 g/mol. The quantitative estimate of drug-likeness (QED) is 0.822. The Morgan fingerprint density at radius 3 is 2.65 bits per heavy atom. The molecule has 1 heterocycles. The number of rotatable bonds is 5. The van der Waals surface area contributed by atoms with Crippen molar-refractivity contribution in [1.29, 1.82) is 0 Å². The van der Waals surface area contributed by atoms with Crippen molar-refractivity contribution in [3.8, 4) is 0 Å². The van der Waals surface area contributed by atoms with Crippen molar-refractivity contribution in [2.75, 3.05) is 26.7 Å². The molecule has 0 aliphatic carbocycles. The summed E-state index contributed by atoms with van der Waals surface area (Å²) >= 11 is 0. The molecule has 0 aromatic heterocycles. The summed E-state index contributed by atoms with van der Waals surface area (Å²) in [5, 5.41) is 3.64. The predicted molar refractivity (Wildman–Crippen MR) is 87.1 cm³/mol. The molecule has 0 spiro atoms. The summed E-state index contributed by atoms with van der Waals surface area (Å²) in [6.45, 7) is 7.92. The van der Waals surface area contributed by atoms with E-state index in [1.807, 2.05) is 0 Å². The molecule has 1 saturated heterocycles. The number of hydrogen-bond acceptors (Lipinski definition) is 2. The van der Waals surface area contributed by atoms with Crippen molar-refractivity contribution in [2.45, 2.75) is 45.6 Å². The Morgan fingerprint density at radius 2 is 1.95 bits per heavy atom. The lowest BCUT2D eigenvalue weighted by atomic mass is 9.89. The first-order valence-corrected chi connectivity index (χ1v) is 8.20. The van der Waals surface area contributed by atoms with Gasteiger partial charge < -0.3 is 5.32 Å². The second-order valence-electron chi connectivity index (χ2n) is 6.30. The molecule has 0 bridgehead atoms. The van der Waals surface area contributed by atoms with Crippen LogP contribution in [0, 0.1) is 12.8 Å². The molecule has 0 saturated carbocycles. The normalized spacial score (nSPS) is 24.6. The maximum atomic E-state index is 3.64. The minimum atomic E-state index is 0.572. The highest BCUT2D eigenvalue weighted by atomic mass is 15.1. The number of benzene rings is 1. The molecule has 1 aliphatic rings. The lowest BCUT2D eigenvalue weighted by molar-refractivity contribution is 0.189. The van der Waals surface area contributed by atoms with E-state index in [-0.39, 0.29) is 0 Å². The minimum Gasteiger partial charge on any atom is -0.316 e. The van der Waals surface area contributed by atoms with Crippen LogP contribution in [0.3, 0.4) is 0 Å². The fourth-order valence-corrected chi connectivity index (χ4v) is 3.39. The summed E-state index contributed by atoms with van der Waals surface area (Å²) in [5.41, 5.74) is 2.84. The van der Waals surface area contributed by atoms with Gasteiger partial charge >= 0.3 is 0 Å². The average Bonchev–Trinajstić information content (AvgIpc) is 2.62. The van der Waals surface area contributed by atoms with Gasteiger partial charge in [0.2, 0.25) is 0 Å². The van der Waals surface area contributed by atoms with Gasteiger partial charge in [0.25, 0.3) is 0 Å². The van der Waals surface area contributed by atoms with Crippen LogP contribution in [0.5, 0.6) is 0 Å². The molecule has 112 valence electrons. The molecular weight excluding hydrogens is 244 g/mol. The van der Waals surface area contributed by atoms with Gasteiger partial charge in [0.1, 0.15) is 0 Å². The third-order valence-corrected chi connectivity index (χ3v) is 4.51. The number of hydrogen-bond donors (Lipinski definition) is 1. The van der Waals surface area contributed by atoms with Crippen LogP contribution in [0.25, 0.3) is 0 Å². The maximum Gasteiger partial charge on any atom is 0.0385 e. The van der Waals surface area contributed by atoms with E-state index in [0.717, 1.165) is 19.0 Å². The largest absolute Gasteiger partial charge is 0.316 e. The van der Waals surface area contributed by atoms with Gasteiger partial charge in [-0.05, 0) is 64.3 Å². The summed E-state index contributed by atoms with van der Waals surface area (Å²) in [6, 6.07) is 9.74. The van der Waals surface area contributed by atoms with Crippen LogP contribution in [0.15, 0.2) is 24.3 Å². The summed E-state index contributed by atoms with van der Waals surface area (Å²) < 4.78 is 0. The van der Waals surface area contributed by atoms with E-state index in [0.29, 0.717) is 6.04 Å². The van der Waals surface area contributed by atoms with Crippen molar-refractivity contribution in [2.24, 2.45) is 5.92 Å². The van der Waals surface area contributed by atoms with Crippen LogP contribution in [0.2, 0.25) is 0 Å². The topological polar surface area (TPSA) is 15.3 Å². The van der Waals surface area contributed by atoms with Crippen LogP contribution >= 0.6 is 0 Å². The molecular formula is C18H30N2. The SMILES string of the molecule is CCCNCC1CCCCN(C)C1c1ccc(C)cc1. The Morgan fingerprint density at radius 1 is 1.20 bits per heavy atom. The molecule has 1 aliphatic heterocycles. The van der Waals surface area contributed by atoms with Crippen molar-refractivity contribution in [1.82, 2.24) is 10.2 Å². The Labute approximate surface area is 124 Å². The molecule has 2 atom stereocenters. The highest BCUT2D eigenvalue weighted by Gasteiger charge is 2.28. The van der Waals surface area contributed by atoms with Crippen LogP contribution in [0.1, 0.15) is 49.8 Å². The molecule has 1 N–H and O–H groups in total. The van der Waals surface area contributed by atoms with E-state index in [4.69, 9.17) is 0 Å². The first-order chi connectivity index (χ1) is 9.72. The first-order valence-electron chi connectivity index (χ1n) is 8.20. The molecule has 2 rings (SSSR count). The summed E-state index contributed by atoms with van der Waals surface area (Å²) in [4.78, 5) is 2.57. The Hall–Kier alpha value is -0.860. The van der Waals surface area contributed by atoms with Gasteiger partial charge in [-0.1, -0.05) is 43.2 Å². The summed E-state index contributed by atoms with van der Waals surface area (Å²) in [7, 11) is 2.29. The van der Waals surface area contributed by atoms with Gasteiger partial charge in [-0.25, -0.2) is 0 Å². The minimum absolute atomic E-state index is 0.572. The molecule has 1 fully saturated rings. The lowest BCUT2D eigenvalue weighted by Crippen LogP contribution is -2.35. The summed E-state index contributed by atoms with van der Waals surface area (Å²) in [6.07, 6.45) is 5.27. The third-order valence-electron chi connectivity index (χ3n) is 4.51. The highest BCUT2D eigenvalue weighted by molar-refractivity contribution is 5.25. The van der Waals surface area contributed by atoms with Crippen molar-refractivity contribution >= 4 is 0 Å². The Kier molecular flexibility index (Phi) is 6.06. The van der Waals surface area contributed by atoms with E-state index in [2.05, 4.69) is 55.4 Å². The summed E-state index contributed by atoms with van der Waals surface area (Å²) in [5.74, 6) is 0.733. The number of aryl methyl sites for hydroxylation is 1. The van der Waals surface area contributed by atoms with E-state index in [1.54, 1.807) is 0 Å². The van der Waals surface area contributed by atoms with Crippen LogP contribution < -0.4 is 5.32 Å². The fraction of sp³-hybridized carbons (Fsp3) is 0.667. The standard InChI is InChI=1S/C18H30N2/c1-4-12-19-14-17-7-5-6-13-20(3)18(17)16-10-8-15(2)9-11-16/h8-11,17-19H,4-7,12-14H2,1-3H3. The molecule has 1 aromatic carbocycles. The molecule has 0 amide bonds. The van der Waals surface area contributed by atoms with Crippen LogP contribution in [0.4, 0.5) is 0 Å². The molecule has 2 unspecified atom stereocenters. The zero-order valence-electron chi connectivity index (χ0n) is 13.4. The van der Waals surface area contributed by atoms with Gasteiger partial charge in [0.05, 0.1) is 0 Å². The van der Waals surface area contributed by atoms with Crippen molar-refractivity contribution in [3.63, 3.8) is 0 Å². The van der Waals surface area contributed by atoms with Gasteiger partial charge in [-0.15, -0.1) is 0 Å². The van der Waals surface area contributed by atoms with Gasteiger partial charge in [-0.3, -0.25) is 4.90 Å². The number of nitrogens with zero attached hydrogens (tertiary/aromatic N) is 1. The van der Waals surface area contributed by atoms with Gasteiger partial charge in [-0.2, -0.15) is 0 Å². The first kappa shape index (κ1) is 15.5. The number of likely N-dealkylation sites (tertiary alicyclic amines) is 1. The van der Waals surface area contributed by atoms with E-state index in [9.17, 15) is 0 Å². The smallest absolute Gasteiger partial charge is 0.0385 e. The predicted octanol–water partition coefficient (Wildman–Crippen LogP) is 3.77. The van der Waals surface area contributed by atoms with Crippen LogP contribution in [-0.2, 0) is 0 Å². The lowest BCUT2D eigenvalue weighted by Gasteiger charge is -2.33. The molecule has 0 radical (unpaired) electrons. The second-order valence-corrected chi connectivity index (χ2v) is 6.30. The maximum absolute atomic E-state index is 3.64. The zero-order chi connectivity index (χ0) is 14.4. The zero-order valence-corrected chi connectivity index (χ0v) is 13.4. The van der Waals surface area contributed by atoms with Crippen LogP contribution in [-0.4, -0.2) is 31.6 Å². The van der Waals surface area contributed by atoms with Gasteiger partial charge in [0, 0.05) is 6.04 Å². The molecule has 20 heavy (non-hydrogen) atoms. The fourth-order valence-electron chi connectivity index (χ4n) is 3.39. The molecule has 1 aromatic rings. The molecule has 2 nitrogen and oxygen atoms in total. The van der Waals surface area contributed by atoms with E-state index < -0.39 is 0 Å². The number of nitrogens with one attached hydrogen (secondary N) is 1. The Bertz CT molecular complexity index is 385. The van der Waals surface area contributed by atoms with E-state index in [1.165, 1.54) is 43.4 Å². The van der Waals surface area contributed by atoms with E-state index >= 15 is 0 Å². The second kappa shape index (κ2) is 7.80. The third kappa shape index (κ3) is 4.07. The molecule has 2 heteroatoms. The van der Waals surface area contributed by atoms with Gasteiger partial charge in [0.15, 0.2) is 0 Å². The Balaban J connectivity index is 2.14. The average molecular weight is 274 g/mol. The van der Waals surface area contributed by atoms with Crippen molar-refractivity contribution in [3.05, 3.63) is 35.4 Å². The van der Waals surface area contributed by atoms with Crippen molar-refractivity contribution < 1.29 is 0 Å².